The van der Waals surface area contributed by atoms with Gasteiger partial charge < -0.3 is 14.6 Å². The van der Waals surface area contributed by atoms with Crippen LogP contribution >= 0.6 is 0 Å². The molecule has 0 heterocycles. The first kappa shape index (κ1) is 25.1. The average Bonchev–Trinajstić information content (AvgIpc) is 2.80. The zero-order valence-corrected chi connectivity index (χ0v) is 18.8. The van der Waals surface area contributed by atoms with E-state index < -0.39 is 11.9 Å². The van der Waals surface area contributed by atoms with E-state index in [9.17, 15) is 14.7 Å². The topological polar surface area (TPSA) is 72.8 Å². The van der Waals surface area contributed by atoms with Crippen LogP contribution in [0.3, 0.4) is 0 Å². The number of hydrogen-bond acceptors (Lipinski definition) is 5. The second kappa shape index (κ2) is 13.3. The van der Waals surface area contributed by atoms with Crippen LogP contribution in [0.1, 0.15) is 35.6 Å². The highest BCUT2D eigenvalue weighted by Crippen LogP contribution is 2.31. The van der Waals surface area contributed by atoms with Crippen LogP contribution in [0.2, 0.25) is 0 Å². The number of rotatable bonds is 13. The fourth-order valence-electron chi connectivity index (χ4n) is 3.65. The molecule has 32 heavy (non-hydrogen) atoms. The standard InChI is InChI=1S/C27H32O5/c1-4-7-21-18-23(13-16-31-25(29)5-2)27(22-10-8-20(9-11-22)12-15-28)24(19-21)14-17-32-26(30)6-3/h5-6,8-11,18-19,28H,2-4,7,12-17H2,1H3. The Hall–Kier alpha value is -3.18. The minimum absolute atomic E-state index is 0.102. The van der Waals surface area contributed by atoms with E-state index >= 15 is 0 Å². The third-order valence-corrected chi connectivity index (χ3v) is 5.11. The number of hydrogen-bond donors (Lipinski definition) is 1. The van der Waals surface area contributed by atoms with Crippen molar-refractivity contribution >= 4 is 11.9 Å². The summed E-state index contributed by atoms with van der Waals surface area (Å²) in [4.78, 5) is 23.0. The summed E-state index contributed by atoms with van der Waals surface area (Å²) in [6.07, 6.45) is 5.97. The Balaban J connectivity index is 2.45. The van der Waals surface area contributed by atoms with Crippen molar-refractivity contribution in [1.82, 2.24) is 0 Å². The maximum Gasteiger partial charge on any atom is 0.330 e. The molecule has 2 aromatic rings. The summed E-state index contributed by atoms with van der Waals surface area (Å²) >= 11 is 0. The van der Waals surface area contributed by atoms with Crippen molar-refractivity contribution in [3.63, 3.8) is 0 Å². The molecule has 0 saturated carbocycles. The molecular weight excluding hydrogens is 404 g/mol. The van der Waals surface area contributed by atoms with Gasteiger partial charge in [-0.15, -0.1) is 0 Å². The molecule has 0 aromatic heterocycles. The first-order valence-electron chi connectivity index (χ1n) is 11.0. The molecule has 0 radical (unpaired) electrons. The van der Waals surface area contributed by atoms with Crippen molar-refractivity contribution in [3.8, 4) is 11.1 Å². The molecule has 2 rings (SSSR count). The Bertz CT molecular complexity index is 881. The summed E-state index contributed by atoms with van der Waals surface area (Å²) in [5, 5.41) is 9.20. The lowest BCUT2D eigenvalue weighted by molar-refractivity contribution is -0.138. The van der Waals surface area contributed by atoms with E-state index in [-0.39, 0.29) is 19.8 Å². The zero-order valence-electron chi connectivity index (χ0n) is 18.8. The van der Waals surface area contributed by atoms with Gasteiger partial charge in [0, 0.05) is 31.6 Å². The third-order valence-electron chi connectivity index (χ3n) is 5.11. The van der Waals surface area contributed by atoms with E-state index in [4.69, 9.17) is 9.47 Å². The SMILES string of the molecule is C=CC(=O)OCCc1cc(CCC)cc(CCOC(=O)C=C)c1-c1ccc(CCO)cc1. The Morgan fingerprint density at radius 3 is 1.81 bits per heavy atom. The van der Waals surface area contributed by atoms with E-state index in [0.29, 0.717) is 19.3 Å². The van der Waals surface area contributed by atoms with Crippen molar-refractivity contribution < 1.29 is 24.2 Å². The molecule has 0 fully saturated rings. The lowest BCUT2D eigenvalue weighted by Crippen LogP contribution is -2.09. The second-order valence-electron chi connectivity index (χ2n) is 7.45. The van der Waals surface area contributed by atoms with E-state index in [1.165, 1.54) is 5.56 Å². The van der Waals surface area contributed by atoms with Crippen LogP contribution in [-0.2, 0) is 44.7 Å². The molecule has 0 aliphatic rings. The minimum atomic E-state index is -0.443. The summed E-state index contributed by atoms with van der Waals surface area (Å²) in [6, 6.07) is 12.4. The highest BCUT2D eigenvalue weighted by molar-refractivity contribution is 5.81. The number of ether oxygens (including phenoxy) is 2. The van der Waals surface area contributed by atoms with Gasteiger partial charge in [-0.05, 0) is 46.2 Å². The van der Waals surface area contributed by atoms with Crippen molar-refractivity contribution in [2.45, 2.75) is 39.0 Å². The molecular formula is C27H32O5. The molecule has 0 bridgehead atoms. The number of carbonyl (C=O) groups is 2. The molecule has 0 spiro atoms. The molecule has 0 saturated heterocycles. The summed E-state index contributed by atoms with van der Waals surface area (Å²) in [6.45, 7) is 9.62. The largest absolute Gasteiger partial charge is 0.462 e. The van der Waals surface area contributed by atoms with Gasteiger partial charge in [-0.1, -0.05) is 62.9 Å². The molecule has 2 aromatic carbocycles. The minimum Gasteiger partial charge on any atom is -0.462 e. The average molecular weight is 437 g/mol. The van der Waals surface area contributed by atoms with Gasteiger partial charge >= 0.3 is 11.9 Å². The van der Waals surface area contributed by atoms with Crippen molar-refractivity contribution in [2.24, 2.45) is 0 Å². The number of aryl methyl sites for hydroxylation is 1. The van der Waals surface area contributed by atoms with Crippen LogP contribution in [-0.4, -0.2) is 36.9 Å². The quantitative estimate of drug-likeness (QED) is 0.373. The number of esters is 2. The molecule has 0 aliphatic heterocycles. The van der Waals surface area contributed by atoms with Gasteiger partial charge in [0.1, 0.15) is 0 Å². The van der Waals surface area contributed by atoms with Gasteiger partial charge in [-0.3, -0.25) is 0 Å². The molecule has 170 valence electrons. The molecule has 1 N–H and O–H groups in total. The fraction of sp³-hybridized carbons (Fsp3) is 0.333. The van der Waals surface area contributed by atoms with Gasteiger partial charge in [0.15, 0.2) is 0 Å². The Morgan fingerprint density at radius 1 is 0.844 bits per heavy atom. The molecule has 5 heteroatoms. The smallest absolute Gasteiger partial charge is 0.330 e. The number of benzene rings is 2. The highest BCUT2D eigenvalue weighted by Gasteiger charge is 2.15. The number of carbonyl (C=O) groups excluding carboxylic acids is 2. The van der Waals surface area contributed by atoms with Gasteiger partial charge in [0.05, 0.1) is 13.2 Å². The highest BCUT2D eigenvalue weighted by atomic mass is 16.5. The summed E-state index contributed by atoms with van der Waals surface area (Å²) < 4.78 is 10.5. The molecule has 0 unspecified atom stereocenters. The normalized spacial score (nSPS) is 10.4. The van der Waals surface area contributed by atoms with Gasteiger partial charge in [-0.25, -0.2) is 9.59 Å². The van der Waals surface area contributed by atoms with Gasteiger partial charge in [0.2, 0.25) is 0 Å². The third kappa shape index (κ3) is 7.50. The monoisotopic (exact) mass is 436 g/mol. The summed E-state index contributed by atoms with van der Waals surface area (Å²) in [5.74, 6) is -0.887. The Morgan fingerprint density at radius 2 is 1.38 bits per heavy atom. The van der Waals surface area contributed by atoms with Crippen LogP contribution in [0.15, 0.2) is 61.7 Å². The Kier molecular flexibility index (Phi) is 10.4. The van der Waals surface area contributed by atoms with E-state index in [1.54, 1.807) is 0 Å². The van der Waals surface area contributed by atoms with E-state index in [0.717, 1.165) is 52.8 Å². The maximum atomic E-state index is 11.5. The number of aliphatic hydroxyl groups is 1. The van der Waals surface area contributed by atoms with E-state index in [2.05, 4.69) is 32.2 Å². The maximum absolute atomic E-state index is 11.5. The second-order valence-corrected chi connectivity index (χ2v) is 7.45. The number of aliphatic hydroxyl groups excluding tert-OH is 1. The first-order chi connectivity index (χ1) is 15.5. The van der Waals surface area contributed by atoms with Gasteiger partial charge in [-0.2, -0.15) is 0 Å². The predicted molar refractivity (Wildman–Crippen MR) is 126 cm³/mol. The van der Waals surface area contributed by atoms with Crippen molar-refractivity contribution in [2.75, 3.05) is 19.8 Å². The lowest BCUT2D eigenvalue weighted by atomic mass is 9.88. The summed E-state index contributed by atoms with van der Waals surface area (Å²) in [5.41, 5.74) is 6.50. The molecule has 5 nitrogen and oxygen atoms in total. The van der Waals surface area contributed by atoms with Gasteiger partial charge in [0.25, 0.3) is 0 Å². The molecule has 0 amide bonds. The fourth-order valence-corrected chi connectivity index (χ4v) is 3.65. The van der Waals surface area contributed by atoms with Crippen LogP contribution in [0.5, 0.6) is 0 Å². The lowest BCUT2D eigenvalue weighted by Gasteiger charge is -2.18. The molecule has 0 atom stereocenters. The van der Waals surface area contributed by atoms with E-state index in [1.807, 2.05) is 24.3 Å². The first-order valence-corrected chi connectivity index (χ1v) is 11.0. The predicted octanol–water partition coefficient (Wildman–Crippen LogP) is 4.38. The molecule has 0 aliphatic carbocycles. The Labute approximate surface area is 190 Å². The van der Waals surface area contributed by atoms with Crippen molar-refractivity contribution in [1.29, 1.82) is 0 Å². The van der Waals surface area contributed by atoms with Crippen LogP contribution in [0, 0.1) is 0 Å². The van der Waals surface area contributed by atoms with Crippen LogP contribution in [0.25, 0.3) is 11.1 Å². The van der Waals surface area contributed by atoms with Crippen LogP contribution < -0.4 is 0 Å². The zero-order chi connectivity index (χ0) is 23.3. The van der Waals surface area contributed by atoms with Crippen molar-refractivity contribution in [3.05, 3.63) is 84.0 Å². The summed E-state index contributed by atoms with van der Waals surface area (Å²) in [7, 11) is 0. The van der Waals surface area contributed by atoms with Crippen LogP contribution in [0.4, 0.5) is 0 Å².